The zero-order valence-electron chi connectivity index (χ0n) is 10.7. The van der Waals surface area contributed by atoms with Gasteiger partial charge >= 0.3 is 5.97 Å². The summed E-state index contributed by atoms with van der Waals surface area (Å²) in [6, 6.07) is 3.58. The van der Waals surface area contributed by atoms with Crippen LogP contribution in [-0.4, -0.2) is 17.0 Å². The first-order valence-corrected chi connectivity index (χ1v) is 6.46. The van der Waals surface area contributed by atoms with Gasteiger partial charge in [-0.05, 0) is 37.8 Å². The van der Waals surface area contributed by atoms with Crippen molar-refractivity contribution in [3.8, 4) is 0 Å². The SMILES string of the molecule is O=C(O)C1CCC(C(=O)Nc2cccc(F)c2F)CC1. The third kappa shape index (κ3) is 3.12. The van der Waals surface area contributed by atoms with E-state index < -0.39 is 29.4 Å². The number of aliphatic carboxylic acids is 1. The van der Waals surface area contributed by atoms with E-state index in [1.165, 1.54) is 12.1 Å². The molecule has 0 atom stereocenters. The summed E-state index contributed by atoms with van der Waals surface area (Å²) in [5.74, 6) is -4.10. The van der Waals surface area contributed by atoms with E-state index >= 15 is 0 Å². The van der Waals surface area contributed by atoms with Crippen molar-refractivity contribution in [3.05, 3.63) is 29.8 Å². The number of carboxylic acids is 1. The minimum Gasteiger partial charge on any atom is -0.481 e. The van der Waals surface area contributed by atoms with E-state index in [0.717, 1.165) is 6.07 Å². The second-order valence-electron chi connectivity index (χ2n) is 4.98. The minimum atomic E-state index is -1.08. The van der Waals surface area contributed by atoms with Crippen molar-refractivity contribution in [2.75, 3.05) is 5.32 Å². The first kappa shape index (κ1) is 14.4. The molecule has 1 saturated carbocycles. The average molecular weight is 283 g/mol. The van der Waals surface area contributed by atoms with Crippen LogP contribution in [0.15, 0.2) is 18.2 Å². The highest BCUT2D eigenvalue weighted by atomic mass is 19.2. The number of hydrogen-bond acceptors (Lipinski definition) is 2. The first-order valence-electron chi connectivity index (χ1n) is 6.46. The Morgan fingerprint density at radius 3 is 2.30 bits per heavy atom. The molecular formula is C14H15F2NO3. The number of hydrogen-bond donors (Lipinski definition) is 2. The normalized spacial score (nSPS) is 22.3. The summed E-state index contributed by atoms with van der Waals surface area (Å²) in [4.78, 5) is 22.8. The highest BCUT2D eigenvalue weighted by Crippen LogP contribution is 2.30. The lowest BCUT2D eigenvalue weighted by Crippen LogP contribution is -2.29. The Morgan fingerprint density at radius 1 is 1.10 bits per heavy atom. The van der Waals surface area contributed by atoms with Crippen molar-refractivity contribution in [1.29, 1.82) is 0 Å². The van der Waals surface area contributed by atoms with Crippen LogP contribution in [0.4, 0.5) is 14.5 Å². The van der Waals surface area contributed by atoms with Gasteiger partial charge in [-0.2, -0.15) is 0 Å². The summed E-state index contributed by atoms with van der Waals surface area (Å²) in [5, 5.41) is 11.2. The molecule has 1 aromatic rings. The number of amides is 1. The maximum Gasteiger partial charge on any atom is 0.306 e. The van der Waals surface area contributed by atoms with Crippen LogP contribution in [0.3, 0.4) is 0 Å². The van der Waals surface area contributed by atoms with Gasteiger partial charge in [0.25, 0.3) is 0 Å². The van der Waals surface area contributed by atoms with Crippen LogP contribution in [0.25, 0.3) is 0 Å². The molecule has 4 nitrogen and oxygen atoms in total. The molecule has 1 aromatic carbocycles. The molecular weight excluding hydrogens is 268 g/mol. The third-order valence-electron chi connectivity index (χ3n) is 3.66. The molecule has 0 aliphatic heterocycles. The number of nitrogens with one attached hydrogen (secondary N) is 1. The van der Waals surface area contributed by atoms with Crippen LogP contribution in [-0.2, 0) is 9.59 Å². The van der Waals surface area contributed by atoms with Gasteiger partial charge in [0.15, 0.2) is 11.6 Å². The van der Waals surface area contributed by atoms with E-state index in [2.05, 4.69) is 5.32 Å². The monoisotopic (exact) mass is 283 g/mol. The third-order valence-corrected chi connectivity index (χ3v) is 3.66. The van der Waals surface area contributed by atoms with Gasteiger partial charge < -0.3 is 10.4 Å². The molecule has 20 heavy (non-hydrogen) atoms. The predicted octanol–water partition coefficient (Wildman–Crippen LogP) is 2.79. The first-order chi connectivity index (χ1) is 9.49. The van der Waals surface area contributed by atoms with Crippen LogP contribution >= 0.6 is 0 Å². The maximum atomic E-state index is 13.4. The Kier molecular flexibility index (Phi) is 4.32. The Labute approximate surface area is 114 Å². The number of carbonyl (C=O) groups is 2. The van der Waals surface area contributed by atoms with Crippen molar-refractivity contribution >= 4 is 17.6 Å². The molecule has 0 saturated heterocycles. The average Bonchev–Trinajstić information content (AvgIpc) is 2.44. The Hall–Kier alpha value is -1.98. The van der Waals surface area contributed by atoms with Crippen molar-refractivity contribution in [1.82, 2.24) is 0 Å². The van der Waals surface area contributed by atoms with E-state index in [1.807, 2.05) is 0 Å². The standard InChI is InChI=1S/C14H15F2NO3/c15-10-2-1-3-11(12(10)16)17-13(18)8-4-6-9(7-5-8)14(19)20/h1-3,8-9H,4-7H2,(H,17,18)(H,19,20). The number of carbonyl (C=O) groups excluding carboxylic acids is 1. The molecule has 0 bridgehead atoms. The smallest absolute Gasteiger partial charge is 0.306 e. The van der Waals surface area contributed by atoms with E-state index in [4.69, 9.17) is 5.11 Å². The van der Waals surface area contributed by atoms with E-state index in [0.29, 0.717) is 25.7 Å². The van der Waals surface area contributed by atoms with Gasteiger partial charge in [-0.1, -0.05) is 6.07 Å². The number of carboxylic acid groups (broad SMARTS) is 1. The van der Waals surface area contributed by atoms with Crippen LogP contribution in [0.1, 0.15) is 25.7 Å². The van der Waals surface area contributed by atoms with Gasteiger partial charge in [0.2, 0.25) is 5.91 Å². The van der Waals surface area contributed by atoms with Gasteiger partial charge in [-0.3, -0.25) is 9.59 Å². The second-order valence-corrected chi connectivity index (χ2v) is 4.98. The highest BCUT2D eigenvalue weighted by molar-refractivity contribution is 5.92. The number of benzene rings is 1. The minimum absolute atomic E-state index is 0.185. The van der Waals surface area contributed by atoms with Gasteiger partial charge in [0, 0.05) is 5.92 Å². The van der Waals surface area contributed by atoms with Crippen LogP contribution in [0.5, 0.6) is 0 Å². The van der Waals surface area contributed by atoms with Gasteiger partial charge in [-0.25, -0.2) is 8.78 Å². The van der Waals surface area contributed by atoms with E-state index in [-0.39, 0.29) is 11.6 Å². The fraction of sp³-hybridized carbons (Fsp3) is 0.429. The molecule has 2 N–H and O–H groups in total. The van der Waals surface area contributed by atoms with Crippen molar-refractivity contribution in [2.24, 2.45) is 11.8 Å². The molecule has 0 radical (unpaired) electrons. The molecule has 108 valence electrons. The molecule has 1 amide bonds. The Balaban J connectivity index is 1.96. The van der Waals surface area contributed by atoms with Crippen LogP contribution < -0.4 is 5.32 Å². The molecule has 6 heteroatoms. The largest absolute Gasteiger partial charge is 0.481 e. The second kappa shape index (κ2) is 5.98. The lowest BCUT2D eigenvalue weighted by Gasteiger charge is -2.25. The molecule has 0 aromatic heterocycles. The molecule has 2 rings (SSSR count). The molecule has 1 aliphatic rings. The zero-order chi connectivity index (χ0) is 14.7. The summed E-state index contributed by atoms with van der Waals surface area (Å²) in [6.45, 7) is 0. The van der Waals surface area contributed by atoms with E-state index in [9.17, 15) is 18.4 Å². The van der Waals surface area contributed by atoms with Gasteiger partial charge in [0.1, 0.15) is 0 Å². The highest BCUT2D eigenvalue weighted by Gasteiger charge is 2.30. The molecule has 1 fully saturated rings. The Bertz CT molecular complexity index is 525. The molecule has 0 spiro atoms. The van der Waals surface area contributed by atoms with Gasteiger partial charge in [0.05, 0.1) is 11.6 Å². The number of anilines is 1. The molecule has 1 aliphatic carbocycles. The van der Waals surface area contributed by atoms with E-state index in [1.54, 1.807) is 0 Å². The maximum absolute atomic E-state index is 13.4. The number of rotatable bonds is 3. The van der Waals surface area contributed by atoms with Crippen molar-refractivity contribution in [3.63, 3.8) is 0 Å². The topological polar surface area (TPSA) is 66.4 Å². The molecule has 0 heterocycles. The quantitative estimate of drug-likeness (QED) is 0.896. The van der Waals surface area contributed by atoms with Crippen LogP contribution in [0, 0.1) is 23.5 Å². The fourth-order valence-corrected chi connectivity index (χ4v) is 2.44. The lowest BCUT2D eigenvalue weighted by atomic mass is 9.81. The summed E-state index contributed by atoms with van der Waals surface area (Å²) in [7, 11) is 0. The predicted molar refractivity (Wildman–Crippen MR) is 68.1 cm³/mol. The summed E-state index contributed by atoms with van der Waals surface area (Å²) < 4.78 is 26.5. The fourth-order valence-electron chi connectivity index (χ4n) is 2.44. The summed E-state index contributed by atoms with van der Waals surface area (Å²) in [6.07, 6.45) is 1.75. The lowest BCUT2D eigenvalue weighted by molar-refractivity contribution is -0.143. The summed E-state index contributed by atoms with van der Waals surface area (Å²) in [5.41, 5.74) is -0.185. The number of halogens is 2. The van der Waals surface area contributed by atoms with Crippen molar-refractivity contribution < 1.29 is 23.5 Å². The zero-order valence-corrected chi connectivity index (χ0v) is 10.7. The molecule has 0 unspecified atom stereocenters. The summed E-state index contributed by atoms with van der Waals surface area (Å²) >= 11 is 0. The van der Waals surface area contributed by atoms with Crippen LogP contribution in [0.2, 0.25) is 0 Å². The Morgan fingerprint density at radius 2 is 1.70 bits per heavy atom. The van der Waals surface area contributed by atoms with Crippen molar-refractivity contribution in [2.45, 2.75) is 25.7 Å². The van der Waals surface area contributed by atoms with Gasteiger partial charge in [-0.15, -0.1) is 0 Å².